The Morgan fingerprint density at radius 2 is 2.05 bits per heavy atom. The van der Waals surface area contributed by atoms with Crippen LogP contribution in [0.4, 0.5) is 4.39 Å². The maximum Gasteiger partial charge on any atom is 0.204 e. The third-order valence-electron chi connectivity index (χ3n) is 3.28. The van der Waals surface area contributed by atoms with Crippen molar-refractivity contribution in [2.24, 2.45) is 0 Å². The lowest BCUT2D eigenvalue weighted by Gasteiger charge is -2.07. The number of furan rings is 1. The molecule has 0 aliphatic rings. The molecule has 1 aromatic heterocycles. The van der Waals surface area contributed by atoms with Crippen LogP contribution in [0, 0.1) is 12.7 Å². The molecule has 0 saturated heterocycles. The third kappa shape index (κ3) is 2.65. The molecule has 106 valence electrons. The van der Waals surface area contributed by atoms with Crippen LogP contribution in [0.25, 0.3) is 11.0 Å². The molecule has 1 heterocycles. The number of carbonyl (C=O) groups is 1. The number of hydrogen-bond acceptors (Lipinski definition) is 3. The van der Waals surface area contributed by atoms with Gasteiger partial charge in [-0.15, -0.1) is 0 Å². The molecule has 0 radical (unpaired) electrons. The first kappa shape index (κ1) is 13.4. The number of Topliss-reactive ketones (excluding diaryl/α,β-unsaturated/α-hetero) is 1. The predicted molar refractivity (Wildman–Crippen MR) is 77.2 cm³/mol. The molecular formula is C17H13FO3. The first-order valence-corrected chi connectivity index (χ1v) is 6.53. The lowest BCUT2D eigenvalue weighted by atomic mass is 10.1. The van der Waals surface area contributed by atoms with Crippen molar-refractivity contribution in [2.75, 3.05) is 6.61 Å². The van der Waals surface area contributed by atoms with Crippen LogP contribution in [0.5, 0.6) is 5.75 Å². The van der Waals surface area contributed by atoms with Gasteiger partial charge in [-0.05, 0) is 36.8 Å². The molecule has 0 saturated carbocycles. The number of hydrogen-bond donors (Lipinski definition) is 0. The highest BCUT2D eigenvalue weighted by Crippen LogP contribution is 2.22. The highest BCUT2D eigenvalue weighted by atomic mass is 19.1. The SMILES string of the molecule is Cc1cc(F)ccc1OCC(=O)c1coc2ccccc12. The van der Waals surface area contributed by atoms with Crippen LogP contribution in [-0.2, 0) is 0 Å². The Labute approximate surface area is 120 Å². The van der Waals surface area contributed by atoms with Crippen LogP contribution < -0.4 is 4.74 Å². The van der Waals surface area contributed by atoms with Gasteiger partial charge >= 0.3 is 0 Å². The quantitative estimate of drug-likeness (QED) is 0.676. The fourth-order valence-electron chi connectivity index (χ4n) is 2.19. The average molecular weight is 284 g/mol. The summed E-state index contributed by atoms with van der Waals surface area (Å²) in [6.07, 6.45) is 1.44. The molecule has 0 spiro atoms. The van der Waals surface area contributed by atoms with E-state index in [0.717, 1.165) is 5.39 Å². The molecule has 21 heavy (non-hydrogen) atoms. The van der Waals surface area contributed by atoms with Gasteiger partial charge in [-0.2, -0.15) is 0 Å². The van der Waals surface area contributed by atoms with Gasteiger partial charge in [-0.25, -0.2) is 4.39 Å². The van der Waals surface area contributed by atoms with E-state index in [9.17, 15) is 9.18 Å². The van der Waals surface area contributed by atoms with Gasteiger partial charge in [-0.3, -0.25) is 4.79 Å². The largest absolute Gasteiger partial charge is 0.485 e. The summed E-state index contributed by atoms with van der Waals surface area (Å²) in [5, 5.41) is 0.766. The van der Waals surface area contributed by atoms with E-state index in [2.05, 4.69) is 0 Å². The third-order valence-corrected chi connectivity index (χ3v) is 3.28. The van der Waals surface area contributed by atoms with Crippen molar-refractivity contribution >= 4 is 16.8 Å². The van der Waals surface area contributed by atoms with Gasteiger partial charge in [0.15, 0.2) is 6.61 Å². The number of benzene rings is 2. The summed E-state index contributed by atoms with van der Waals surface area (Å²) in [4.78, 5) is 12.2. The van der Waals surface area contributed by atoms with E-state index in [-0.39, 0.29) is 18.2 Å². The van der Waals surface area contributed by atoms with Gasteiger partial charge in [0.1, 0.15) is 23.4 Å². The molecule has 0 amide bonds. The normalized spacial score (nSPS) is 10.8. The van der Waals surface area contributed by atoms with Gasteiger partial charge in [-0.1, -0.05) is 18.2 Å². The minimum atomic E-state index is -0.327. The number of fused-ring (bicyclic) bond motifs is 1. The zero-order valence-corrected chi connectivity index (χ0v) is 11.4. The van der Waals surface area contributed by atoms with Crippen LogP contribution in [-0.4, -0.2) is 12.4 Å². The van der Waals surface area contributed by atoms with Crippen molar-refractivity contribution in [3.05, 3.63) is 65.7 Å². The molecule has 0 aliphatic heterocycles. The first-order chi connectivity index (χ1) is 10.1. The van der Waals surface area contributed by atoms with Gasteiger partial charge in [0.2, 0.25) is 5.78 Å². The smallest absolute Gasteiger partial charge is 0.204 e. The summed E-state index contributed by atoms with van der Waals surface area (Å²) >= 11 is 0. The second kappa shape index (κ2) is 5.40. The number of aryl methyl sites for hydroxylation is 1. The molecule has 3 nitrogen and oxygen atoms in total. The highest BCUT2D eigenvalue weighted by molar-refractivity contribution is 6.07. The lowest BCUT2D eigenvalue weighted by molar-refractivity contribution is 0.0922. The highest BCUT2D eigenvalue weighted by Gasteiger charge is 2.14. The molecule has 0 bridgehead atoms. The topological polar surface area (TPSA) is 39.4 Å². The van der Waals surface area contributed by atoms with Gasteiger partial charge < -0.3 is 9.15 Å². The molecule has 3 aromatic rings. The fourth-order valence-corrected chi connectivity index (χ4v) is 2.19. The van der Waals surface area contributed by atoms with Gasteiger partial charge in [0.05, 0.1) is 5.56 Å². The summed E-state index contributed by atoms with van der Waals surface area (Å²) in [5.74, 6) is -0.00627. The van der Waals surface area contributed by atoms with Crippen molar-refractivity contribution in [1.29, 1.82) is 0 Å². The van der Waals surface area contributed by atoms with E-state index >= 15 is 0 Å². The number of carbonyl (C=O) groups excluding carboxylic acids is 1. The number of halogens is 1. The Morgan fingerprint density at radius 3 is 2.86 bits per heavy atom. The molecular weight excluding hydrogens is 271 g/mol. The van der Waals surface area contributed by atoms with E-state index in [1.165, 1.54) is 24.5 Å². The van der Waals surface area contributed by atoms with E-state index in [1.807, 2.05) is 18.2 Å². The van der Waals surface area contributed by atoms with Crippen molar-refractivity contribution in [1.82, 2.24) is 0 Å². The minimum absolute atomic E-state index is 0.115. The lowest BCUT2D eigenvalue weighted by Crippen LogP contribution is -2.11. The Bertz CT molecular complexity index is 805. The van der Waals surface area contributed by atoms with Crippen LogP contribution in [0.3, 0.4) is 0 Å². The Morgan fingerprint density at radius 1 is 1.24 bits per heavy atom. The van der Waals surface area contributed by atoms with E-state index < -0.39 is 0 Å². The summed E-state index contributed by atoms with van der Waals surface area (Å²) in [6.45, 7) is 1.62. The Balaban J connectivity index is 1.77. The van der Waals surface area contributed by atoms with Gasteiger partial charge in [0.25, 0.3) is 0 Å². The van der Waals surface area contributed by atoms with Crippen LogP contribution in [0.1, 0.15) is 15.9 Å². The zero-order valence-electron chi connectivity index (χ0n) is 11.4. The summed E-state index contributed by atoms with van der Waals surface area (Å²) in [6, 6.07) is 11.5. The fraction of sp³-hybridized carbons (Fsp3) is 0.118. The maximum absolute atomic E-state index is 13.0. The average Bonchev–Trinajstić information content (AvgIpc) is 2.90. The van der Waals surface area contributed by atoms with Crippen LogP contribution in [0.2, 0.25) is 0 Å². The van der Waals surface area contributed by atoms with Gasteiger partial charge in [0, 0.05) is 5.39 Å². The van der Waals surface area contributed by atoms with Crippen molar-refractivity contribution in [3.8, 4) is 5.75 Å². The molecule has 3 rings (SSSR count). The second-order valence-electron chi connectivity index (χ2n) is 4.77. The molecule has 0 atom stereocenters. The summed E-state index contributed by atoms with van der Waals surface area (Å²) in [7, 11) is 0. The molecule has 0 aliphatic carbocycles. The Hall–Kier alpha value is -2.62. The zero-order chi connectivity index (χ0) is 14.8. The number of ether oxygens (including phenoxy) is 1. The number of para-hydroxylation sites is 1. The number of rotatable bonds is 4. The van der Waals surface area contributed by atoms with Crippen molar-refractivity contribution < 1.29 is 18.3 Å². The van der Waals surface area contributed by atoms with Crippen molar-refractivity contribution in [3.63, 3.8) is 0 Å². The second-order valence-corrected chi connectivity index (χ2v) is 4.77. The van der Waals surface area contributed by atoms with E-state index in [4.69, 9.17) is 9.15 Å². The van der Waals surface area contributed by atoms with E-state index in [0.29, 0.717) is 22.5 Å². The molecule has 0 N–H and O–H groups in total. The van der Waals surface area contributed by atoms with Crippen molar-refractivity contribution in [2.45, 2.75) is 6.92 Å². The maximum atomic E-state index is 13.0. The van der Waals surface area contributed by atoms with E-state index in [1.54, 1.807) is 13.0 Å². The predicted octanol–water partition coefficient (Wildman–Crippen LogP) is 4.14. The summed E-state index contributed by atoms with van der Waals surface area (Å²) in [5.41, 5.74) is 1.81. The number of ketones is 1. The molecule has 4 heteroatoms. The molecule has 0 fully saturated rings. The van der Waals surface area contributed by atoms with Crippen LogP contribution >= 0.6 is 0 Å². The molecule has 2 aromatic carbocycles. The minimum Gasteiger partial charge on any atom is -0.485 e. The summed E-state index contributed by atoms with van der Waals surface area (Å²) < 4.78 is 23.8. The molecule has 0 unspecified atom stereocenters. The Kier molecular flexibility index (Phi) is 3.44. The first-order valence-electron chi connectivity index (χ1n) is 6.53. The monoisotopic (exact) mass is 284 g/mol. The standard InChI is InChI=1S/C17H13FO3/c1-11-8-12(18)6-7-16(11)21-10-15(19)14-9-20-17-5-3-2-4-13(14)17/h2-9H,10H2,1H3. The van der Waals surface area contributed by atoms with Crippen LogP contribution in [0.15, 0.2) is 53.1 Å².